The monoisotopic (exact) mass is 220 g/mol. The van der Waals surface area contributed by atoms with Crippen molar-refractivity contribution in [3.05, 3.63) is 35.7 Å². The maximum absolute atomic E-state index is 5.89. The van der Waals surface area contributed by atoms with Gasteiger partial charge >= 0.3 is 0 Å². The molecule has 0 aliphatic carbocycles. The Morgan fingerprint density at radius 3 is 2.73 bits per heavy atom. The largest absolute Gasteiger partial charge is 0.439 e. The van der Waals surface area contributed by atoms with Crippen molar-refractivity contribution in [2.45, 2.75) is 24.0 Å². The van der Waals surface area contributed by atoms with Gasteiger partial charge < -0.3 is 10.2 Å². The van der Waals surface area contributed by atoms with Gasteiger partial charge in [-0.25, -0.2) is 4.98 Å². The van der Waals surface area contributed by atoms with Crippen LogP contribution in [0.15, 0.2) is 39.0 Å². The van der Waals surface area contributed by atoms with Gasteiger partial charge in [0.2, 0.25) is 0 Å². The summed E-state index contributed by atoms with van der Waals surface area (Å²) in [6.45, 7) is 3.92. The second-order valence-electron chi connectivity index (χ2n) is 3.35. The van der Waals surface area contributed by atoms with E-state index in [0.29, 0.717) is 5.22 Å². The fourth-order valence-corrected chi connectivity index (χ4v) is 2.16. The number of rotatable bonds is 2. The highest BCUT2D eigenvalue weighted by Crippen LogP contribution is 2.33. The smallest absolute Gasteiger partial charge is 0.260 e. The fourth-order valence-electron chi connectivity index (χ4n) is 1.28. The predicted octanol–water partition coefficient (Wildman–Crippen LogP) is 3.02. The van der Waals surface area contributed by atoms with Gasteiger partial charge in [-0.2, -0.15) is 0 Å². The number of hydrogen-bond donors (Lipinski definition) is 1. The highest BCUT2D eigenvalue weighted by Gasteiger charge is 2.08. The zero-order valence-corrected chi connectivity index (χ0v) is 9.47. The molecule has 0 saturated carbocycles. The molecule has 78 valence electrons. The summed E-state index contributed by atoms with van der Waals surface area (Å²) < 4.78 is 5.27. The Morgan fingerprint density at radius 1 is 1.33 bits per heavy atom. The number of nitrogens with zero attached hydrogens (tertiary/aromatic N) is 1. The molecule has 0 saturated heterocycles. The third kappa shape index (κ3) is 2.15. The van der Waals surface area contributed by atoms with Crippen LogP contribution in [0.3, 0.4) is 0 Å². The molecule has 0 fully saturated rings. The van der Waals surface area contributed by atoms with Crippen molar-refractivity contribution in [3.63, 3.8) is 0 Å². The summed E-state index contributed by atoms with van der Waals surface area (Å²) in [5.74, 6) is 0. The molecule has 0 radical (unpaired) electrons. The van der Waals surface area contributed by atoms with Gasteiger partial charge in [0, 0.05) is 10.6 Å². The highest BCUT2D eigenvalue weighted by atomic mass is 32.2. The third-order valence-corrected chi connectivity index (χ3v) is 3.15. The average Bonchev–Trinajstić information content (AvgIpc) is 2.58. The first-order valence-corrected chi connectivity index (χ1v) is 5.43. The number of nitrogens with two attached hydrogens (primary N) is 1. The Balaban J connectivity index is 2.31. The summed E-state index contributed by atoms with van der Waals surface area (Å²) in [4.78, 5) is 5.24. The molecular weight excluding hydrogens is 208 g/mol. The van der Waals surface area contributed by atoms with Crippen LogP contribution in [-0.2, 0) is 0 Å². The van der Waals surface area contributed by atoms with E-state index in [1.54, 1.807) is 6.26 Å². The molecule has 0 spiro atoms. The Hall–Kier alpha value is -1.42. The lowest BCUT2D eigenvalue weighted by molar-refractivity contribution is 0.454. The number of nitrogen functional groups attached to an aromatic ring is 1. The molecule has 1 heterocycles. The van der Waals surface area contributed by atoms with E-state index in [1.165, 1.54) is 11.8 Å². The van der Waals surface area contributed by atoms with E-state index in [0.717, 1.165) is 21.8 Å². The Kier molecular flexibility index (Phi) is 2.68. The number of oxazole rings is 1. The van der Waals surface area contributed by atoms with E-state index in [2.05, 4.69) is 4.98 Å². The third-order valence-electron chi connectivity index (χ3n) is 2.03. The molecule has 1 aromatic carbocycles. The van der Waals surface area contributed by atoms with Crippen molar-refractivity contribution in [1.82, 2.24) is 4.98 Å². The summed E-state index contributed by atoms with van der Waals surface area (Å²) in [7, 11) is 0. The van der Waals surface area contributed by atoms with E-state index < -0.39 is 0 Å². The molecule has 2 rings (SSSR count). The first-order chi connectivity index (χ1) is 7.16. The molecule has 0 bridgehead atoms. The van der Waals surface area contributed by atoms with Gasteiger partial charge in [0.1, 0.15) is 6.26 Å². The van der Waals surface area contributed by atoms with Crippen molar-refractivity contribution in [3.8, 4) is 0 Å². The van der Waals surface area contributed by atoms with Crippen molar-refractivity contribution in [2.24, 2.45) is 0 Å². The Bertz CT molecular complexity index is 459. The summed E-state index contributed by atoms with van der Waals surface area (Å²) >= 11 is 1.46. The standard InChI is InChI=1S/C11H12N2OS/c1-7-4-3-5-9(12)10(7)15-11-13-8(2)6-14-11/h3-6H,12H2,1-2H3. The molecule has 0 aliphatic heterocycles. The predicted molar refractivity (Wildman–Crippen MR) is 61.0 cm³/mol. The van der Waals surface area contributed by atoms with E-state index in [1.807, 2.05) is 32.0 Å². The molecule has 0 amide bonds. The van der Waals surface area contributed by atoms with Crippen molar-refractivity contribution >= 4 is 17.4 Å². The quantitative estimate of drug-likeness (QED) is 0.790. The Morgan fingerprint density at radius 2 is 2.13 bits per heavy atom. The van der Waals surface area contributed by atoms with Gasteiger partial charge in [-0.3, -0.25) is 0 Å². The summed E-state index contributed by atoms with van der Waals surface area (Å²) in [5.41, 5.74) is 8.66. The van der Waals surface area contributed by atoms with Crippen LogP contribution in [0, 0.1) is 13.8 Å². The topological polar surface area (TPSA) is 52.0 Å². The maximum atomic E-state index is 5.89. The first-order valence-electron chi connectivity index (χ1n) is 4.62. The summed E-state index contributed by atoms with van der Waals surface area (Å²) in [5, 5.41) is 0.633. The molecular formula is C11H12N2OS. The number of hydrogen-bond acceptors (Lipinski definition) is 4. The molecule has 3 nitrogen and oxygen atoms in total. The summed E-state index contributed by atoms with van der Waals surface area (Å²) in [6.07, 6.45) is 1.64. The van der Waals surface area contributed by atoms with Gasteiger partial charge in [-0.05, 0) is 37.2 Å². The molecule has 4 heteroatoms. The normalized spacial score (nSPS) is 10.5. The van der Waals surface area contributed by atoms with Crippen molar-refractivity contribution in [1.29, 1.82) is 0 Å². The molecule has 0 aliphatic rings. The molecule has 0 unspecified atom stereocenters. The van der Waals surface area contributed by atoms with Crippen LogP contribution in [0.25, 0.3) is 0 Å². The lowest BCUT2D eigenvalue weighted by Gasteiger charge is -2.05. The number of anilines is 1. The second kappa shape index (κ2) is 3.98. The zero-order valence-electron chi connectivity index (χ0n) is 8.65. The van der Waals surface area contributed by atoms with Gasteiger partial charge in [0.05, 0.1) is 5.69 Å². The van der Waals surface area contributed by atoms with E-state index in [4.69, 9.17) is 10.2 Å². The molecule has 2 N–H and O–H groups in total. The minimum absolute atomic E-state index is 0.633. The van der Waals surface area contributed by atoms with Crippen LogP contribution in [0.5, 0.6) is 0 Å². The van der Waals surface area contributed by atoms with Gasteiger partial charge in [-0.1, -0.05) is 12.1 Å². The average molecular weight is 220 g/mol. The highest BCUT2D eigenvalue weighted by molar-refractivity contribution is 7.99. The van der Waals surface area contributed by atoms with E-state index in [-0.39, 0.29) is 0 Å². The van der Waals surface area contributed by atoms with Crippen LogP contribution >= 0.6 is 11.8 Å². The zero-order chi connectivity index (χ0) is 10.8. The molecule has 0 atom stereocenters. The molecule has 15 heavy (non-hydrogen) atoms. The van der Waals surface area contributed by atoms with Gasteiger partial charge in [0.25, 0.3) is 5.22 Å². The lowest BCUT2D eigenvalue weighted by Crippen LogP contribution is -1.90. The maximum Gasteiger partial charge on any atom is 0.260 e. The van der Waals surface area contributed by atoms with Crippen LogP contribution in [0.1, 0.15) is 11.3 Å². The SMILES string of the molecule is Cc1coc(Sc2c(C)cccc2N)n1. The minimum Gasteiger partial charge on any atom is -0.439 e. The first kappa shape index (κ1) is 10.1. The minimum atomic E-state index is 0.633. The van der Waals surface area contributed by atoms with Crippen LogP contribution < -0.4 is 5.73 Å². The molecule has 1 aromatic heterocycles. The van der Waals surface area contributed by atoms with Gasteiger partial charge in [0.15, 0.2) is 0 Å². The summed E-state index contributed by atoms with van der Waals surface area (Å²) in [6, 6.07) is 5.84. The van der Waals surface area contributed by atoms with Crippen molar-refractivity contribution < 1.29 is 4.42 Å². The van der Waals surface area contributed by atoms with Gasteiger partial charge in [-0.15, -0.1) is 0 Å². The van der Waals surface area contributed by atoms with Crippen LogP contribution in [0.4, 0.5) is 5.69 Å². The van der Waals surface area contributed by atoms with Crippen LogP contribution in [0.2, 0.25) is 0 Å². The number of benzene rings is 1. The van der Waals surface area contributed by atoms with E-state index >= 15 is 0 Å². The Labute approximate surface area is 92.7 Å². The number of aryl methyl sites for hydroxylation is 2. The fraction of sp³-hybridized carbons (Fsp3) is 0.182. The van der Waals surface area contributed by atoms with Crippen molar-refractivity contribution in [2.75, 3.05) is 5.73 Å². The van der Waals surface area contributed by atoms with E-state index in [9.17, 15) is 0 Å². The second-order valence-corrected chi connectivity index (χ2v) is 4.31. The number of aromatic nitrogens is 1. The molecule has 2 aromatic rings. The van der Waals surface area contributed by atoms with Crippen LogP contribution in [-0.4, -0.2) is 4.98 Å². The lowest BCUT2D eigenvalue weighted by atomic mass is 10.2.